The maximum Gasteiger partial charge on any atom is 0.321 e. The molecule has 6 rings (SSSR count). The number of anilines is 1. The highest BCUT2D eigenvalue weighted by atomic mass is 16.2. The van der Waals surface area contributed by atoms with Crippen LogP contribution >= 0.6 is 0 Å². The molecule has 45 heavy (non-hydrogen) atoms. The van der Waals surface area contributed by atoms with Gasteiger partial charge in [0, 0.05) is 51.1 Å². The Morgan fingerprint density at radius 2 is 1.22 bits per heavy atom. The van der Waals surface area contributed by atoms with E-state index in [-0.39, 0.29) is 18.0 Å². The van der Waals surface area contributed by atoms with E-state index in [2.05, 4.69) is 70.9 Å². The molecule has 3 amide bonds. The molecule has 1 fully saturated rings. The van der Waals surface area contributed by atoms with Gasteiger partial charge in [-0.3, -0.25) is 9.69 Å². The van der Waals surface area contributed by atoms with E-state index in [1.165, 1.54) is 11.1 Å². The summed E-state index contributed by atoms with van der Waals surface area (Å²) in [4.78, 5) is 33.3. The SMILES string of the molecule is O=C(CCN(CCc1ccccc1)C(=O)Nc1cccc2ccccc12)N1CCN(C(c2ccccc2)c2ccccc2)CC1. The number of nitrogens with zero attached hydrogens (tertiary/aromatic N) is 3. The first-order valence-electron chi connectivity index (χ1n) is 15.8. The van der Waals surface area contributed by atoms with Crippen LogP contribution in [0.1, 0.15) is 29.2 Å². The topological polar surface area (TPSA) is 55.9 Å². The summed E-state index contributed by atoms with van der Waals surface area (Å²) in [6.07, 6.45) is 1.01. The summed E-state index contributed by atoms with van der Waals surface area (Å²) in [7, 11) is 0. The van der Waals surface area contributed by atoms with Crippen LogP contribution in [-0.4, -0.2) is 65.9 Å². The number of rotatable bonds is 10. The Kier molecular flexibility index (Phi) is 9.83. The van der Waals surface area contributed by atoms with Gasteiger partial charge in [-0.2, -0.15) is 0 Å². The Balaban J connectivity index is 1.10. The van der Waals surface area contributed by atoms with E-state index in [1.54, 1.807) is 4.90 Å². The van der Waals surface area contributed by atoms with Crippen molar-refractivity contribution in [3.05, 3.63) is 150 Å². The fourth-order valence-corrected chi connectivity index (χ4v) is 6.26. The van der Waals surface area contributed by atoms with E-state index >= 15 is 0 Å². The summed E-state index contributed by atoms with van der Waals surface area (Å²) in [5, 5.41) is 5.20. The van der Waals surface area contributed by atoms with Crippen molar-refractivity contribution >= 4 is 28.4 Å². The van der Waals surface area contributed by atoms with Crippen molar-refractivity contribution in [2.75, 3.05) is 44.6 Å². The van der Waals surface area contributed by atoms with Gasteiger partial charge < -0.3 is 15.1 Å². The monoisotopic (exact) mass is 596 g/mol. The number of hydrogen-bond acceptors (Lipinski definition) is 3. The van der Waals surface area contributed by atoms with Crippen LogP contribution in [0.3, 0.4) is 0 Å². The lowest BCUT2D eigenvalue weighted by atomic mass is 9.96. The van der Waals surface area contributed by atoms with E-state index in [4.69, 9.17) is 0 Å². The van der Waals surface area contributed by atoms with Crippen LogP contribution in [0.15, 0.2) is 133 Å². The number of nitrogens with one attached hydrogen (secondary N) is 1. The highest BCUT2D eigenvalue weighted by Crippen LogP contribution is 2.29. The standard InChI is InChI=1S/C39H40N4O2/c44-37(41-27-29-42(30-28-41)38(33-16-6-2-7-17-33)34-18-8-3-9-19-34)24-26-43(25-23-31-13-4-1-5-14-31)39(45)40-36-22-12-20-32-15-10-11-21-35(32)36/h1-22,38H,23-30H2,(H,40,45). The van der Waals surface area contributed by atoms with E-state index < -0.39 is 0 Å². The van der Waals surface area contributed by atoms with Gasteiger partial charge in [0.25, 0.3) is 0 Å². The summed E-state index contributed by atoms with van der Waals surface area (Å²) in [6, 6.07) is 45.3. The number of piperazine rings is 1. The largest absolute Gasteiger partial charge is 0.340 e. The highest BCUT2D eigenvalue weighted by molar-refractivity contribution is 6.01. The van der Waals surface area contributed by atoms with Gasteiger partial charge in [-0.15, -0.1) is 0 Å². The maximum atomic E-state index is 13.6. The summed E-state index contributed by atoms with van der Waals surface area (Å²) in [5.41, 5.74) is 4.45. The second kappa shape index (κ2) is 14.7. The average Bonchev–Trinajstić information content (AvgIpc) is 3.10. The molecule has 1 aliphatic heterocycles. The van der Waals surface area contributed by atoms with Crippen molar-refractivity contribution in [2.24, 2.45) is 0 Å². The third-order valence-electron chi connectivity index (χ3n) is 8.69. The number of urea groups is 1. The van der Waals surface area contributed by atoms with Crippen LogP contribution in [0.25, 0.3) is 10.8 Å². The third kappa shape index (κ3) is 7.59. The molecular weight excluding hydrogens is 556 g/mol. The number of fused-ring (bicyclic) bond motifs is 1. The fourth-order valence-electron chi connectivity index (χ4n) is 6.26. The predicted molar refractivity (Wildman–Crippen MR) is 182 cm³/mol. The molecule has 5 aromatic rings. The third-order valence-corrected chi connectivity index (χ3v) is 8.69. The zero-order chi connectivity index (χ0) is 30.8. The van der Waals surface area contributed by atoms with E-state index in [1.807, 2.05) is 77.7 Å². The summed E-state index contributed by atoms with van der Waals surface area (Å²) < 4.78 is 0. The molecule has 0 aromatic heterocycles. The molecule has 0 bridgehead atoms. The van der Waals surface area contributed by atoms with Gasteiger partial charge in [-0.1, -0.05) is 127 Å². The van der Waals surface area contributed by atoms with Crippen molar-refractivity contribution in [1.29, 1.82) is 0 Å². The van der Waals surface area contributed by atoms with Crippen molar-refractivity contribution in [2.45, 2.75) is 18.9 Å². The van der Waals surface area contributed by atoms with Crippen LogP contribution in [0, 0.1) is 0 Å². The lowest BCUT2D eigenvalue weighted by Gasteiger charge is -2.40. The number of carbonyl (C=O) groups is 2. The van der Waals surface area contributed by atoms with Gasteiger partial charge in [-0.05, 0) is 34.6 Å². The molecule has 0 radical (unpaired) electrons. The lowest BCUT2D eigenvalue weighted by Crippen LogP contribution is -2.50. The average molecular weight is 597 g/mol. The quantitative estimate of drug-likeness (QED) is 0.185. The molecule has 0 spiro atoms. The molecule has 0 unspecified atom stereocenters. The van der Waals surface area contributed by atoms with Crippen molar-refractivity contribution in [3.63, 3.8) is 0 Å². The molecule has 228 valence electrons. The van der Waals surface area contributed by atoms with Crippen molar-refractivity contribution < 1.29 is 9.59 Å². The van der Waals surface area contributed by atoms with Gasteiger partial charge in [-0.25, -0.2) is 4.79 Å². The molecule has 6 heteroatoms. The summed E-state index contributed by atoms with van der Waals surface area (Å²) in [5.74, 6) is 0.0910. The van der Waals surface area contributed by atoms with Crippen LogP contribution in [-0.2, 0) is 11.2 Å². The highest BCUT2D eigenvalue weighted by Gasteiger charge is 2.28. The molecule has 0 saturated carbocycles. The molecule has 1 aliphatic rings. The number of amides is 3. The Labute approximate surface area is 265 Å². The predicted octanol–water partition coefficient (Wildman–Crippen LogP) is 7.24. The van der Waals surface area contributed by atoms with Gasteiger partial charge in [0.2, 0.25) is 5.91 Å². The first kappa shape index (κ1) is 30.1. The number of carbonyl (C=O) groups excluding carboxylic acids is 2. The van der Waals surface area contributed by atoms with E-state index in [0.29, 0.717) is 32.6 Å². The Morgan fingerprint density at radius 3 is 1.89 bits per heavy atom. The van der Waals surface area contributed by atoms with Gasteiger partial charge in [0.15, 0.2) is 0 Å². The van der Waals surface area contributed by atoms with Gasteiger partial charge >= 0.3 is 6.03 Å². The smallest absolute Gasteiger partial charge is 0.321 e. The fraction of sp³-hybridized carbons (Fsp3) is 0.231. The maximum absolute atomic E-state index is 13.6. The Hall–Kier alpha value is -4.94. The Morgan fingerprint density at radius 1 is 0.644 bits per heavy atom. The first-order valence-corrected chi connectivity index (χ1v) is 15.8. The zero-order valence-corrected chi connectivity index (χ0v) is 25.6. The minimum atomic E-state index is -0.187. The molecule has 1 heterocycles. The van der Waals surface area contributed by atoms with Crippen molar-refractivity contribution in [1.82, 2.24) is 14.7 Å². The minimum Gasteiger partial charge on any atom is -0.340 e. The van der Waals surface area contributed by atoms with Crippen LogP contribution in [0.4, 0.5) is 10.5 Å². The molecule has 1 N–H and O–H groups in total. The molecule has 6 nitrogen and oxygen atoms in total. The van der Waals surface area contributed by atoms with Gasteiger partial charge in [0.05, 0.1) is 11.7 Å². The molecule has 5 aromatic carbocycles. The lowest BCUT2D eigenvalue weighted by molar-refractivity contribution is -0.133. The summed E-state index contributed by atoms with van der Waals surface area (Å²) >= 11 is 0. The first-order chi connectivity index (χ1) is 22.2. The van der Waals surface area contributed by atoms with E-state index in [0.717, 1.165) is 41.5 Å². The normalized spacial score (nSPS) is 13.6. The van der Waals surface area contributed by atoms with E-state index in [9.17, 15) is 9.59 Å². The molecule has 0 aliphatic carbocycles. The second-order valence-corrected chi connectivity index (χ2v) is 11.6. The summed E-state index contributed by atoms with van der Waals surface area (Å²) in [6.45, 7) is 3.80. The molecular formula is C39H40N4O2. The van der Waals surface area contributed by atoms with Crippen LogP contribution in [0.2, 0.25) is 0 Å². The van der Waals surface area contributed by atoms with Crippen LogP contribution < -0.4 is 5.32 Å². The minimum absolute atomic E-state index is 0.0910. The number of benzene rings is 5. The molecule has 0 atom stereocenters. The Bertz CT molecular complexity index is 1640. The van der Waals surface area contributed by atoms with Crippen molar-refractivity contribution in [3.8, 4) is 0 Å². The van der Waals surface area contributed by atoms with Gasteiger partial charge in [0.1, 0.15) is 0 Å². The number of hydrogen-bond donors (Lipinski definition) is 1. The van der Waals surface area contributed by atoms with Crippen LogP contribution in [0.5, 0.6) is 0 Å². The second-order valence-electron chi connectivity index (χ2n) is 11.6. The molecule has 1 saturated heterocycles. The zero-order valence-electron chi connectivity index (χ0n) is 25.6.